The number of rotatable bonds is 7. The predicted octanol–water partition coefficient (Wildman–Crippen LogP) is -0.813. The number of hydrogen-bond acceptors (Lipinski definition) is 4. The Bertz CT molecular complexity index is 220. The number of nitrogens with one attached hydrogen (secondary N) is 1. The van der Waals surface area contributed by atoms with Crippen molar-refractivity contribution in [2.24, 2.45) is 11.7 Å². The maximum absolute atomic E-state index is 11.2. The molecule has 0 aliphatic heterocycles. The highest BCUT2D eigenvalue weighted by atomic mass is 16.5. The van der Waals surface area contributed by atoms with Crippen molar-refractivity contribution in [3.05, 3.63) is 0 Å². The van der Waals surface area contributed by atoms with Crippen LogP contribution in [0.1, 0.15) is 13.3 Å². The number of carboxylic acid groups (broad SMARTS) is 1. The van der Waals surface area contributed by atoms with Gasteiger partial charge in [0.1, 0.15) is 0 Å². The Morgan fingerprint density at radius 3 is 2.53 bits per heavy atom. The Labute approximate surface area is 88.8 Å². The molecule has 0 saturated heterocycles. The van der Waals surface area contributed by atoms with Crippen LogP contribution in [0.25, 0.3) is 0 Å². The summed E-state index contributed by atoms with van der Waals surface area (Å²) in [5.41, 5.74) is 5.35. The molecule has 0 aromatic rings. The van der Waals surface area contributed by atoms with Crippen LogP contribution < -0.4 is 11.1 Å². The van der Waals surface area contributed by atoms with E-state index in [0.717, 1.165) is 0 Å². The topological polar surface area (TPSA) is 102 Å². The van der Waals surface area contributed by atoms with Gasteiger partial charge in [-0.25, -0.2) is 4.79 Å². The van der Waals surface area contributed by atoms with Crippen molar-refractivity contribution in [1.82, 2.24) is 5.32 Å². The number of carbonyl (C=O) groups is 2. The average molecular weight is 218 g/mol. The van der Waals surface area contributed by atoms with E-state index in [-0.39, 0.29) is 18.4 Å². The van der Waals surface area contributed by atoms with Crippen molar-refractivity contribution in [1.29, 1.82) is 0 Å². The summed E-state index contributed by atoms with van der Waals surface area (Å²) in [7, 11) is 1.29. The van der Waals surface area contributed by atoms with E-state index in [9.17, 15) is 9.59 Å². The zero-order chi connectivity index (χ0) is 11.8. The molecule has 0 radical (unpaired) electrons. The van der Waals surface area contributed by atoms with Gasteiger partial charge in [0, 0.05) is 13.5 Å². The molecule has 88 valence electrons. The van der Waals surface area contributed by atoms with Gasteiger partial charge in [-0.15, -0.1) is 0 Å². The fraction of sp³-hybridized carbons (Fsp3) is 0.778. The van der Waals surface area contributed by atoms with E-state index in [1.807, 2.05) is 6.92 Å². The molecule has 0 aliphatic carbocycles. The normalized spacial score (nSPS) is 14.3. The minimum absolute atomic E-state index is 0.0258. The summed E-state index contributed by atoms with van der Waals surface area (Å²) in [5, 5.41) is 11.1. The number of nitrogens with two attached hydrogens (primary N) is 1. The molecular formula is C9H18N2O4. The van der Waals surface area contributed by atoms with Crippen LogP contribution in [-0.4, -0.2) is 43.3 Å². The van der Waals surface area contributed by atoms with Gasteiger partial charge < -0.3 is 20.9 Å². The van der Waals surface area contributed by atoms with Crippen LogP contribution in [0.3, 0.4) is 0 Å². The van der Waals surface area contributed by atoms with Gasteiger partial charge >= 0.3 is 5.97 Å². The molecule has 0 aliphatic rings. The summed E-state index contributed by atoms with van der Waals surface area (Å²) in [4.78, 5) is 21.8. The lowest BCUT2D eigenvalue weighted by atomic mass is 10.1. The summed E-state index contributed by atoms with van der Waals surface area (Å²) in [6, 6.07) is 0. The second-order valence-electron chi connectivity index (χ2n) is 3.41. The second-order valence-corrected chi connectivity index (χ2v) is 3.41. The molecule has 0 aromatic carbocycles. The molecule has 15 heavy (non-hydrogen) atoms. The van der Waals surface area contributed by atoms with Crippen molar-refractivity contribution in [3.8, 4) is 0 Å². The minimum Gasteiger partial charge on any atom is -0.479 e. The standard InChI is InChI=1S/C9H18N2O4/c1-6(4-10)3-8(12)11-5-7(15-2)9(13)14/h6-7H,3-5,10H2,1-2H3,(H,11,12)(H,13,14). The summed E-state index contributed by atoms with van der Waals surface area (Å²) in [5.74, 6) is -1.21. The van der Waals surface area contributed by atoms with Crippen molar-refractivity contribution in [3.63, 3.8) is 0 Å². The van der Waals surface area contributed by atoms with Gasteiger partial charge in [-0.05, 0) is 12.5 Å². The third-order valence-corrected chi connectivity index (χ3v) is 1.98. The highest BCUT2D eigenvalue weighted by Crippen LogP contribution is 1.98. The number of aliphatic carboxylic acids is 1. The van der Waals surface area contributed by atoms with E-state index in [2.05, 4.69) is 10.1 Å². The van der Waals surface area contributed by atoms with Crippen molar-refractivity contribution < 1.29 is 19.4 Å². The first kappa shape index (κ1) is 13.9. The number of carboxylic acids is 1. The van der Waals surface area contributed by atoms with Crippen molar-refractivity contribution in [2.75, 3.05) is 20.2 Å². The van der Waals surface area contributed by atoms with Gasteiger partial charge in [0.2, 0.25) is 5.91 Å². The molecule has 0 rings (SSSR count). The average Bonchev–Trinajstić information content (AvgIpc) is 2.17. The lowest BCUT2D eigenvalue weighted by Gasteiger charge is -2.13. The van der Waals surface area contributed by atoms with Crippen LogP contribution in [0.5, 0.6) is 0 Å². The molecule has 0 bridgehead atoms. The maximum atomic E-state index is 11.2. The Kier molecular flexibility index (Phi) is 6.64. The highest BCUT2D eigenvalue weighted by Gasteiger charge is 2.17. The lowest BCUT2D eigenvalue weighted by Crippen LogP contribution is -2.38. The monoisotopic (exact) mass is 218 g/mol. The van der Waals surface area contributed by atoms with E-state index in [1.165, 1.54) is 7.11 Å². The summed E-state index contributed by atoms with van der Waals surface area (Å²) < 4.78 is 4.65. The smallest absolute Gasteiger partial charge is 0.334 e. The number of methoxy groups -OCH3 is 1. The first-order valence-corrected chi connectivity index (χ1v) is 4.73. The number of hydrogen-bond donors (Lipinski definition) is 3. The Morgan fingerprint density at radius 2 is 2.13 bits per heavy atom. The zero-order valence-corrected chi connectivity index (χ0v) is 9.03. The molecule has 4 N–H and O–H groups in total. The molecule has 2 atom stereocenters. The molecule has 0 heterocycles. The Balaban J connectivity index is 3.83. The van der Waals surface area contributed by atoms with E-state index < -0.39 is 12.1 Å². The van der Waals surface area contributed by atoms with E-state index in [4.69, 9.17) is 10.8 Å². The molecule has 0 spiro atoms. The minimum atomic E-state index is -1.09. The van der Waals surface area contributed by atoms with Gasteiger partial charge in [0.15, 0.2) is 6.10 Å². The molecule has 6 nitrogen and oxygen atoms in total. The molecular weight excluding hydrogens is 200 g/mol. The second kappa shape index (κ2) is 7.19. The molecule has 0 aromatic heterocycles. The fourth-order valence-electron chi connectivity index (χ4n) is 0.950. The van der Waals surface area contributed by atoms with Crippen molar-refractivity contribution >= 4 is 11.9 Å². The maximum Gasteiger partial charge on any atom is 0.334 e. The van der Waals surface area contributed by atoms with Gasteiger partial charge in [0.25, 0.3) is 0 Å². The largest absolute Gasteiger partial charge is 0.479 e. The molecule has 1 amide bonds. The SMILES string of the molecule is COC(CNC(=O)CC(C)CN)C(=O)O. The van der Waals surface area contributed by atoms with Gasteiger partial charge in [-0.3, -0.25) is 4.79 Å². The third kappa shape index (κ3) is 6.03. The van der Waals surface area contributed by atoms with Crippen LogP contribution >= 0.6 is 0 Å². The van der Waals surface area contributed by atoms with Crippen LogP contribution in [0, 0.1) is 5.92 Å². The molecule has 6 heteroatoms. The fourth-order valence-corrected chi connectivity index (χ4v) is 0.950. The van der Waals surface area contributed by atoms with Crippen LogP contribution in [0.2, 0.25) is 0 Å². The molecule has 0 fully saturated rings. The third-order valence-electron chi connectivity index (χ3n) is 1.98. The van der Waals surface area contributed by atoms with Crippen LogP contribution in [0.4, 0.5) is 0 Å². The Hall–Kier alpha value is -1.14. The zero-order valence-electron chi connectivity index (χ0n) is 9.03. The summed E-state index contributed by atoms with van der Waals surface area (Å²) in [6.45, 7) is 2.26. The summed E-state index contributed by atoms with van der Waals surface area (Å²) >= 11 is 0. The number of carbonyl (C=O) groups excluding carboxylic acids is 1. The van der Waals surface area contributed by atoms with Crippen molar-refractivity contribution in [2.45, 2.75) is 19.4 Å². The van der Waals surface area contributed by atoms with Gasteiger partial charge in [-0.1, -0.05) is 6.92 Å². The first-order valence-electron chi connectivity index (χ1n) is 4.73. The van der Waals surface area contributed by atoms with Gasteiger partial charge in [-0.2, -0.15) is 0 Å². The molecule has 0 saturated carbocycles. The number of ether oxygens (including phenoxy) is 1. The Morgan fingerprint density at radius 1 is 1.53 bits per heavy atom. The first-order chi connectivity index (χ1) is 7.01. The highest BCUT2D eigenvalue weighted by molar-refractivity contribution is 5.78. The predicted molar refractivity (Wildman–Crippen MR) is 54.3 cm³/mol. The van der Waals surface area contributed by atoms with E-state index in [0.29, 0.717) is 13.0 Å². The van der Waals surface area contributed by atoms with E-state index >= 15 is 0 Å². The quantitative estimate of drug-likeness (QED) is 0.518. The van der Waals surface area contributed by atoms with Gasteiger partial charge in [0.05, 0.1) is 6.54 Å². The lowest BCUT2D eigenvalue weighted by molar-refractivity contribution is -0.148. The van der Waals surface area contributed by atoms with E-state index in [1.54, 1.807) is 0 Å². The van der Waals surface area contributed by atoms with Crippen LogP contribution in [-0.2, 0) is 14.3 Å². The van der Waals surface area contributed by atoms with Crippen LogP contribution in [0.15, 0.2) is 0 Å². The number of amides is 1. The molecule has 2 unspecified atom stereocenters. The summed E-state index contributed by atoms with van der Waals surface area (Å²) in [6.07, 6.45) is -0.700.